The molecule has 204 valence electrons. The van der Waals surface area contributed by atoms with E-state index in [-0.39, 0.29) is 18.2 Å². The smallest absolute Gasteiger partial charge is 0.332 e. The molecule has 1 amide bonds. The topological polar surface area (TPSA) is 106 Å². The first-order valence-electron chi connectivity index (χ1n) is 11.8. The number of amides is 1. The Hall–Kier alpha value is -1.14. The molecule has 0 saturated carbocycles. The summed E-state index contributed by atoms with van der Waals surface area (Å²) >= 11 is 0. The van der Waals surface area contributed by atoms with Gasteiger partial charge in [-0.3, -0.25) is 4.79 Å². The maximum Gasteiger partial charge on any atom is 0.332 e. The van der Waals surface area contributed by atoms with Crippen LogP contribution in [0.4, 0.5) is 0 Å². The molecular weight excluding hydrogens is 479 g/mol. The summed E-state index contributed by atoms with van der Waals surface area (Å²) in [6.45, 7) is 7.99. The monoisotopic (exact) mass is 522 g/mol. The second-order valence-electron chi connectivity index (χ2n) is 7.48. The number of likely N-dealkylation sites (N-methyl/N-ethyl adjacent to an activating group) is 1. The van der Waals surface area contributed by atoms with E-state index in [4.69, 9.17) is 37.3 Å². The van der Waals surface area contributed by atoms with Crippen molar-refractivity contribution in [3.63, 3.8) is 0 Å². The van der Waals surface area contributed by atoms with Gasteiger partial charge < -0.3 is 47.5 Å². The quantitative estimate of drug-likeness (QED) is 0.137. The third-order valence-corrected chi connectivity index (χ3v) is 5.83. The minimum atomic E-state index is -1.48. The number of nitrogens with zero attached hydrogens (tertiary/aromatic N) is 1. The van der Waals surface area contributed by atoms with Gasteiger partial charge in [0.1, 0.15) is 6.23 Å². The normalized spacial score (nSPS) is 19.4. The Morgan fingerprint density at radius 2 is 1.63 bits per heavy atom. The number of hydrogen-bond acceptors (Lipinski definition) is 10. The van der Waals surface area contributed by atoms with Crippen molar-refractivity contribution in [3.8, 4) is 0 Å². The van der Waals surface area contributed by atoms with E-state index in [0.717, 1.165) is 12.8 Å². The van der Waals surface area contributed by atoms with Crippen LogP contribution in [0.5, 0.6) is 0 Å². The van der Waals surface area contributed by atoms with E-state index in [0.29, 0.717) is 65.0 Å². The molecule has 12 heteroatoms. The van der Waals surface area contributed by atoms with E-state index in [1.807, 2.05) is 24.1 Å². The minimum Gasteiger partial charge on any atom is -0.382 e. The van der Waals surface area contributed by atoms with Crippen LogP contribution < -0.4 is 5.32 Å². The summed E-state index contributed by atoms with van der Waals surface area (Å²) in [6.07, 6.45) is 6.99. The van der Waals surface area contributed by atoms with Crippen molar-refractivity contribution in [1.82, 2.24) is 10.2 Å². The fourth-order valence-corrected chi connectivity index (χ4v) is 3.84. The molecule has 1 rings (SSSR count). The van der Waals surface area contributed by atoms with Crippen LogP contribution in [0.15, 0.2) is 24.0 Å². The van der Waals surface area contributed by atoms with Crippen LogP contribution in [0, 0.1) is 0 Å². The first kappa shape index (κ1) is 31.9. The summed E-state index contributed by atoms with van der Waals surface area (Å²) in [4.78, 5) is 13.7. The summed E-state index contributed by atoms with van der Waals surface area (Å²) in [6, 6.07) is 0. The molecule has 1 aliphatic heterocycles. The summed E-state index contributed by atoms with van der Waals surface area (Å²) in [7, 11) is 3.31. The van der Waals surface area contributed by atoms with E-state index in [2.05, 4.69) is 5.32 Å². The molecule has 0 spiro atoms. The maximum atomic E-state index is 11.8. The number of carbonyl (C=O) groups is 1. The number of carbonyl (C=O) groups excluding carboxylic acids is 1. The summed E-state index contributed by atoms with van der Waals surface area (Å²) in [5.74, 6) is -0.125. The summed E-state index contributed by atoms with van der Waals surface area (Å²) < 4.78 is 43.9. The Morgan fingerprint density at radius 3 is 2.20 bits per heavy atom. The summed E-state index contributed by atoms with van der Waals surface area (Å²) in [5.41, 5.74) is 0.603. The highest BCUT2D eigenvalue weighted by molar-refractivity contribution is 7.41. The summed E-state index contributed by atoms with van der Waals surface area (Å²) in [5, 5.41) is 2.63. The van der Waals surface area contributed by atoms with Gasteiger partial charge in [-0.15, -0.1) is 0 Å². The van der Waals surface area contributed by atoms with Gasteiger partial charge in [-0.2, -0.15) is 0 Å². The largest absolute Gasteiger partial charge is 0.382 e. The fourth-order valence-electron chi connectivity index (χ4n) is 3.04. The highest BCUT2D eigenvalue weighted by Crippen LogP contribution is 2.39. The average molecular weight is 523 g/mol. The molecule has 0 radical (unpaired) electrons. The number of allylic oxidation sites excluding steroid dienone is 1. The van der Waals surface area contributed by atoms with Gasteiger partial charge >= 0.3 is 8.60 Å². The van der Waals surface area contributed by atoms with Crippen LogP contribution >= 0.6 is 8.60 Å². The zero-order chi connectivity index (χ0) is 25.7. The predicted octanol–water partition coefficient (Wildman–Crippen LogP) is 2.58. The average Bonchev–Trinajstić information content (AvgIpc) is 3.34. The third kappa shape index (κ3) is 14.9. The molecule has 3 unspecified atom stereocenters. The van der Waals surface area contributed by atoms with E-state index in [9.17, 15) is 4.79 Å². The Morgan fingerprint density at radius 1 is 1.00 bits per heavy atom. The number of nitrogens with one attached hydrogen (secondary N) is 1. The molecule has 0 aliphatic carbocycles. The van der Waals surface area contributed by atoms with Gasteiger partial charge in [0.2, 0.25) is 5.91 Å². The lowest BCUT2D eigenvalue weighted by molar-refractivity contribution is -0.117. The lowest BCUT2D eigenvalue weighted by atomic mass is 10.2. The van der Waals surface area contributed by atoms with Gasteiger partial charge in [-0.05, 0) is 26.7 Å². The van der Waals surface area contributed by atoms with Gasteiger partial charge in [-0.25, -0.2) is 0 Å². The van der Waals surface area contributed by atoms with Gasteiger partial charge in [0, 0.05) is 39.2 Å². The molecule has 11 nitrogen and oxygen atoms in total. The van der Waals surface area contributed by atoms with Crippen molar-refractivity contribution in [1.29, 1.82) is 0 Å². The molecule has 35 heavy (non-hydrogen) atoms. The van der Waals surface area contributed by atoms with Crippen molar-refractivity contribution in [3.05, 3.63) is 24.0 Å². The fraction of sp³-hybridized carbons (Fsp3) is 0.783. The van der Waals surface area contributed by atoms with Crippen molar-refractivity contribution >= 4 is 14.5 Å². The molecule has 1 heterocycles. The third-order valence-electron chi connectivity index (χ3n) is 4.78. The Bertz CT molecular complexity index is 610. The molecule has 0 aromatic rings. The second kappa shape index (κ2) is 21.0. The van der Waals surface area contributed by atoms with Crippen molar-refractivity contribution in [2.24, 2.45) is 0 Å². The van der Waals surface area contributed by atoms with Crippen LogP contribution in [0.1, 0.15) is 26.7 Å². The highest BCUT2D eigenvalue weighted by Gasteiger charge is 2.29. The number of rotatable bonds is 21. The standard InChI is InChI=1S/C23H43N2O9P/c1-6-9-25(18-20(2)23(26)24-3)22-8-7-21(34-22)19-33-35(28-5)32-17-16-31-15-14-30-13-12-29-11-10-27-4/h6,9,18,21-22H,7-8,10-17,19H2,1-5H3,(H,24,26)/b9-6-,20-18-. The molecular formula is C23H43N2O9P. The lowest BCUT2D eigenvalue weighted by Crippen LogP contribution is -2.29. The SMILES string of the molecule is C/C=C\N(/C=C(/C)C(=O)NC)C1CCC(COP(OC)OCCOCCOCCOCCOC)O1. The Kier molecular flexibility index (Phi) is 19.1. The van der Waals surface area contributed by atoms with Gasteiger partial charge in [-0.1, -0.05) is 6.08 Å². The predicted molar refractivity (Wildman–Crippen MR) is 133 cm³/mol. The van der Waals surface area contributed by atoms with Crippen molar-refractivity contribution < 1.29 is 42.1 Å². The van der Waals surface area contributed by atoms with Gasteiger partial charge in [0.15, 0.2) is 0 Å². The molecule has 0 aromatic heterocycles. The van der Waals surface area contributed by atoms with Crippen molar-refractivity contribution in [2.45, 2.75) is 39.0 Å². The molecule has 1 aliphatic rings. The molecule has 3 atom stereocenters. The zero-order valence-electron chi connectivity index (χ0n) is 21.7. The number of ether oxygens (including phenoxy) is 5. The van der Waals surface area contributed by atoms with E-state index >= 15 is 0 Å². The van der Waals surface area contributed by atoms with E-state index in [1.54, 1.807) is 34.4 Å². The molecule has 1 saturated heterocycles. The highest BCUT2D eigenvalue weighted by atomic mass is 31.2. The maximum absolute atomic E-state index is 11.8. The van der Waals surface area contributed by atoms with Gasteiger partial charge in [0.25, 0.3) is 0 Å². The molecule has 1 N–H and O–H groups in total. The van der Waals surface area contributed by atoms with Crippen LogP contribution in [0.25, 0.3) is 0 Å². The first-order chi connectivity index (χ1) is 17.0. The van der Waals surface area contributed by atoms with Crippen LogP contribution in [-0.4, -0.2) is 104 Å². The lowest BCUT2D eigenvalue weighted by Gasteiger charge is -2.25. The van der Waals surface area contributed by atoms with E-state index in [1.165, 1.54) is 0 Å². The van der Waals surface area contributed by atoms with E-state index < -0.39 is 8.60 Å². The van der Waals surface area contributed by atoms with Crippen LogP contribution in [0.2, 0.25) is 0 Å². The Labute approximate surface area is 211 Å². The second-order valence-corrected chi connectivity index (χ2v) is 8.80. The van der Waals surface area contributed by atoms with Crippen LogP contribution in [0.3, 0.4) is 0 Å². The molecule has 0 aromatic carbocycles. The van der Waals surface area contributed by atoms with Crippen LogP contribution in [-0.2, 0) is 42.1 Å². The molecule has 0 bridgehead atoms. The number of hydrogen-bond donors (Lipinski definition) is 1. The minimum absolute atomic E-state index is 0.0860. The first-order valence-corrected chi connectivity index (χ1v) is 12.9. The number of methoxy groups -OCH3 is 1. The van der Waals surface area contributed by atoms with Crippen molar-refractivity contribution in [2.75, 3.05) is 80.7 Å². The zero-order valence-corrected chi connectivity index (χ0v) is 22.6. The van der Waals surface area contributed by atoms with Gasteiger partial charge in [0.05, 0.1) is 65.6 Å². The molecule has 1 fully saturated rings. The Balaban J connectivity index is 2.19.